The average molecular weight is 363 g/mol. The summed E-state index contributed by atoms with van der Waals surface area (Å²) in [6.07, 6.45) is 0.780. The van der Waals surface area contributed by atoms with Crippen LogP contribution in [0.2, 0.25) is 0 Å². The maximum Gasteiger partial charge on any atom is 0.309 e. The summed E-state index contributed by atoms with van der Waals surface area (Å²) in [4.78, 5) is 49.5. The van der Waals surface area contributed by atoms with Gasteiger partial charge in [0.2, 0.25) is 0 Å². The number of ketones is 2. The average Bonchev–Trinajstić information content (AvgIpc) is 3.41. The number of carbonyl (C=O) groups excluding carboxylic acids is 4. The summed E-state index contributed by atoms with van der Waals surface area (Å²) in [5.41, 5.74) is 1.31. The van der Waals surface area contributed by atoms with Crippen LogP contribution in [0.5, 0.6) is 0 Å². The Balaban J connectivity index is 1.55. The Hall–Kier alpha value is -3.28. The van der Waals surface area contributed by atoms with Gasteiger partial charge in [-0.2, -0.15) is 0 Å². The number of hydrogen-bond donors (Lipinski definition) is 1. The largest absolute Gasteiger partial charge is 0.455 e. The molecule has 1 amide bonds. The van der Waals surface area contributed by atoms with Crippen LogP contribution in [0.4, 0.5) is 5.69 Å². The van der Waals surface area contributed by atoms with Gasteiger partial charge < -0.3 is 10.1 Å². The SMILES string of the molecule is C[C@H]1C[C@@H]1C(=O)OCC(=O)Nc1cccc2c1C(=O)c1ccccc1C2=O. The third-order valence-corrected chi connectivity index (χ3v) is 4.98. The maximum atomic E-state index is 12.9. The Morgan fingerprint density at radius 2 is 1.63 bits per heavy atom. The van der Waals surface area contributed by atoms with E-state index in [9.17, 15) is 19.2 Å². The molecule has 2 aromatic carbocycles. The molecule has 4 rings (SSSR count). The van der Waals surface area contributed by atoms with E-state index in [1.54, 1.807) is 42.5 Å². The van der Waals surface area contributed by atoms with Crippen molar-refractivity contribution in [1.29, 1.82) is 0 Å². The van der Waals surface area contributed by atoms with Gasteiger partial charge in [0.15, 0.2) is 18.2 Å². The van der Waals surface area contributed by atoms with Crippen LogP contribution < -0.4 is 5.32 Å². The van der Waals surface area contributed by atoms with E-state index in [4.69, 9.17) is 4.74 Å². The van der Waals surface area contributed by atoms with Crippen LogP contribution >= 0.6 is 0 Å². The van der Waals surface area contributed by atoms with Crippen LogP contribution in [0.25, 0.3) is 0 Å². The molecule has 0 saturated heterocycles. The number of carbonyl (C=O) groups is 4. The van der Waals surface area contributed by atoms with Crippen LogP contribution in [0.15, 0.2) is 42.5 Å². The first kappa shape index (κ1) is 17.1. The molecule has 0 spiro atoms. The molecule has 1 N–H and O–H groups in total. The zero-order valence-electron chi connectivity index (χ0n) is 14.7. The van der Waals surface area contributed by atoms with Crippen molar-refractivity contribution in [2.75, 3.05) is 11.9 Å². The van der Waals surface area contributed by atoms with Gasteiger partial charge in [0.1, 0.15) is 0 Å². The minimum Gasteiger partial charge on any atom is -0.455 e. The number of nitrogens with one attached hydrogen (secondary N) is 1. The lowest BCUT2D eigenvalue weighted by Gasteiger charge is -2.20. The first-order valence-corrected chi connectivity index (χ1v) is 8.75. The molecular weight excluding hydrogens is 346 g/mol. The number of benzene rings is 2. The Morgan fingerprint density at radius 1 is 1.00 bits per heavy atom. The van der Waals surface area contributed by atoms with Crippen LogP contribution in [-0.4, -0.2) is 30.0 Å². The van der Waals surface area contributed by atoms with Crippen LogP contribution in [0.1, 0.15) is 45.2 Å². The number of hydrogen-bond acceptors (Lipinski definition) is 5. The van der Waals surface area contributed by atoms with Gasteiger partial charge >= 0.3 is 5.97 Å². The van der Waals surface area contributed by atoms with E-state index in [1.165, 1.54) is 0 Å². The maximum absolute atomic E-state index is 12.9. The van der Waals surface area contributed by atoms with Gasteiger partial charge in [-0.25, -0.2) is 0 Å². The lowest BCUT2D eigenvalue weighted by Crippen LogP contribution is -2.26. The fourth-order valence-electron chi connectivity index (χ4n) is 3.33. The quantitative estimate of drug-likeness (QED) is 0.720. The first-order chi connectivity index (χ1) is 13.0. The van der Waals surface area contributed by atoms with E-state index in [-0.39, 0.29) is 40.3 Å². The Bertz CT molecular complexity index is 994. The highest BCUT2D eigenvalue weighted by atomic mass is 16.5. The van der Waals surface area contributed by atoms with Gasteiger partial charge in [0, 0.05) is 16.7 Å². The van der Waals surface area contributed by atoms with Crippen LogP contribution in [0.3, 0.4) is 0 Å². The molecular formula is C21H17NO5. The molecule has 2 aliphatic carbocycles. The predicted molar refractivity (Wildman–Crippen MR) is 96.6 cm³/mol. The Morgan fingerprint density at radius 3 is 2.30 bits per heavy atom. The van der Waals surface area contributed by atoms with Crippen molar-refractivity contribution in [2.24, 2.45) is 11.8 Å². The van der Waals surface area contributed by atoms with E-state index >= 15 is 0 Å². The van der Waals surface area contributed by atoms with E-state index < -0.39 is 12.5 Å². The number of amides is 1. The smallest absolute Gasteiger partial charge is 0.309 e. The molecule has 2 aliphatic rings. The van der Waals surface area contributed by atoms with Gasteiger partial charge in [-0.15, -0.1) is 0 Å². The second kappa shape index (κ2) is 6.46. The lowest BCUT2D eigenvalue weighted by atomic mass is 9.83. The third kappa shape index (κ3) is 3.03. The van der Waals surface area contributed by atoms with E-state index in [0.29, 0.717) is 17.0 Å². The second-order valence-electron chi connectivity index (χ2n) is 6.91. The minimum atomic E-state index is -0.552. The molecule has 136 valence electrons. The molecule has 6 heteroatoms. The minimum absolute atomic E-state index is 0.127. The molecule has 1 saturated carbocycles. The number of rotatable bonds is 4. The molecule has 2 aromatic rings. The lowest BCUT2D eigenvalue weighted by molar-refractivity contribution is -0.148. The summed E-state index contributed by atoms with van der Waals surface area (Å²) < 4.78 is 5.02. The van der Waals surface area contributed by atoms with Gasteiger partial charge in [-0.05, 0) is 18.4 Å². The topological polar surface area (TPSA) is 89.5 Å². The van der Waals surface area contributed by atoms with E-state index in [0.717, 1.165) is 6.42 Å². The molecule has 0 bridgehead atoms. The van der Waals surface area contributed by atoms with Crippen molar-refractivity contribution in [3.05, 3.63) is 64.7 Å². The summed E-state index contributed by atoms with van der Waals surface area (Å²) in [5, 5.41) is 2.59. The summed E-state index contributed by atoms with van der Waals surface area (Å²) in [6, 6.07) is 11.3. The van der Waals surface area contributed by atoms with Crippen molar-refractivity contribution in [3.8, 4) is 0 Å². The Kier molecular flexibility index (Phi) is 4.11. The number of anilines is 1. The molecule has 0 aliphatic heterocycles. The van der Waals surface area contributed by atoms with Crippen molar-refractivity contribution in [3.63, 3.8) is 0 Å². The fraction of sp³-hybridized carbons (Fsp3) is 0.238. The second-order valence-corrected chi connectivity index (χ2v) is 6.91. The van der Waals surface area contributed by atoms with Gasteiger partial charge in [0.25, 0.3) is 5.91 Å². The van der Waals surface area contributed by atoms with Crippen molar-refractivity contribution < 1.29 is 23.9 Å². The standard InChI is InChI=1S/C21H17NO5/c1-11-9-15(11)21(26)27-10-17(23)22-16-8-4-7-14-18(16)20(25)13-6-3-2-5-12(13)19(14)24/h2-8,11,15H,9-10H2,1H3,(H,22,23)/t11-,15-/m0/s1. The molecule has 0 unspecified atom stereocenters. The molecule has 0 heterocycles. The van der Waals surface area contributed by atoms with Crippen molar-refractivity contribution >= 4 is 29.1 Å². The van der Waals surface area contributed by atoms with Gasteiger partial charge in [0.05, 0.1) is 17.2 Å². The summed E-state index contributed by atoms with van der Waals surface area (Å²) >= 11 is 0. The van der Waals surface area contributed by atoms with Gasteiger partial charge in [-0.3, -0.25) is 19.2 Å². The summed E-state index contributed by atoms with van der Waals surface area (Å²) in [5.74, 6) is -1.34. The molecule has 1 fully saturated rings. The zero-order chi connectivity index (χ0) is 19.1. The Labute approximate surface area is 155 Å². The third-order valence-electron chi connectivity index (χ3n) is 4.98. The normalized spacial score (nSPS) is 19.7. The molecule has 0 aromatic heterocycles. The molecule has 2 atom stereocenters. The van der Waals surface area contributed by atoms with E-state index in [2.05, 4.69) is 5.32 Å². The highest BCUT2D eigenvalue weighted by Gasteiger charge is 2.40. The monoisotopic (exact) mass is 363 g/mol. The summed E-state index contributed by atoms with van der Waals surface area (Å²) in [6.45, 7) is 1.52. The molecule has 0 radical (unpaired) electrons. The number of fused-ring (bicyclic) bond motifs is 2. The number of esters is 1. The highest BCUT2D eigenvalue weighted by molar-refractivity contribution is 6.30. The fourth-order valence-corrected chi connectivity index (χ4v) is 3.33. The van der Waals surface area contributed by atoms with Crippen molar-refractivity contribution in [2.45, 2.75) is 13.3 Å². The van der Waals surface area contributed by atoms with Crippen molar-refractivity contribution in [1.82, 2.24) is 0 Å². The van der Waals surface area contributed by atoms with Crippen LogP contribution in [0, 0.1) is 11.8 Å². The highest BCUT2D eigenvalue weighted by Crippen LogP contribution is 2.38. The molecule has 6 nitrogen and oxygen atoms in total. The zero-order valence-corrected chi connectivity index (χ0v) is 14.7. The summed E-state index contributed by atoms with van der Waals surface area (Å²) in [7, 11) is 0. The number of ether oxygens (including phenoxy) is 1. The predicted octanol–water partition coefficient (Wildman–Crippen LogP) is 2.60. The molecule has 27 heavy (non-hydrogen) atoms. The van der Waals surface area contributed by atoms with Gasteiger partial charge in [-0.1, -0.05) is 43.3 Å². The van der Waals surface area contributed by atoms with E-state index in [1.807, 2.05) is 6.92 Å². The van der Waals surface area contributed by atoms with Crippen LogP contribution in [-0.2, 0) is 14.3 Å². The first-order valence-electron chi connectivity index (χ1n) is 8.75.